The van der Waals surface area contributed by atoms with E-state index in [-0.39, 0.29) is 11.7 Å². The number of amides is 1. The largest absolute Gasteiger partial charge is 0.297 e. The lowest BCUT2D eigenvalue weighted by atomic mass is 10.1. The summed E-state index contributed by atoms with van der Waals surface area (Å²) in [7, 11) is 0. The molecule has 0 atom stereocenters. The molecule has 0 radical (unpaired) electrons. The molecule has 0 aliphatic carbocycles. The Morgan fingerprint density at radius 3 is 2.69 bits per heavy atom. The Labute approximate surface area is 161 Å². The maximum absolute atomic E-state index is 13.0. The number of carbonyl (C=O) groups excluding carboxylic acids is 1. The first kappa shape index (κ1) is 17.0. The summed E-state index contributed by atoms with van der Waals surface area (Å²) in [6, 6.07) is 10.3. The van der Waals surface area contributed by atoms with Gasteiger partial charge in [-0.3, -0.25) is 10.1 Å². The minimum absolute atomic E-state index is 0.215. The molecule has 4 rings (SSSR count). The predicted octanol–water partition coefficient (Wildman–Crippen LogP) is 5.31. The molecule has 1 N–H and O–H groups in total. The molecular formula is C18H12FN3OS3. The van der Waals surface area contributed by atoms with Gasteiger partial charge in [-0.05, 0) is 29.1 Å². The van der Waals surface area contributed by atoms with Gasteiger partial charge >= 0.3 is 0 Å². The predicted molar refractivity (Wildman–Crippen MR) is 105 cm³/mol. The minimum Gasteiger partial charge on any atom is -0.297 e. The number of benzene rings is 1. The molecule has 0 unspecified atom stereocenters. The average molecular weight is 402 g/mol. The van der Waals surface area contributed by atoms with Crippen LogP contribution in [-0.2, 0) is 6.42 Å². The topological polar surface area (TPSA) is 54.9 Å². The van der Waals surface area contributed by atoms with Crippen LogP contribution in [0.4, 0.5) is 9.52 Å². The van der Waals surface area contributed by atoms with Crippen LogP contribution in [0, 0.1) is 5.82 Å². The van der Waals surface area contributed by atoms with E-state index in [1.165, 1.54) is 34.8 Å². The lowest BCUT2D eigenvalue weighted by molar-refractivity contribution is 0.103. The summed E-state index contributed by atoms with van der Waals surface area (Å²) in [5, 5.41) is 6.17. The van der Waals surface area contributed by atoms with Crippen molar-refractivity contribution in [2.24, 2.45) is 0 Å². The molecule has 3 heterocycles. The highest BCUT2D eigenvalue weighted by Crippen LogP contribution is 2.29. The molecule has 26 heavy (non-hydrogen) atoms. The fourth-order valence-corrected chi connectivity index (χ4v) is 4.76. The first-order valence-corrected chi connectivity index (χ1v) is 10.2. The summed E-state index contributed by atoms with van der Waals surface area (Å²) in [5.41, 5.74) is 0.996. The van der Waals surface area contributed by atoms with E-state index >= 15 is 0 Å². The van der Waals surface area contributed by atoms with Gasteiger partial charge in [0.15, 0.2) is 5.13 Å². The van der Waals surface area contributed by atoms with E-state index in [1.807, 2.05) is 17.5 Å². The fraction of sp³-hybridized carbons (Fsp3) is 0.0556. The number of nitrogens with zero attached hydrogens (tertiary/aromatic N) is 2. The number of thiophene rings is 1. The molecule has 0 aliphatic rings. The van der Waals surface area contributed by atoms with E-state index in [0.717, 1.165) is 20.3 Å². The molecule has 130 valence electrons. The first-order valence-electron chi connectivity index (χ1n) is 7.67. The van der Waals surface area contributed by atoms with Crippen LogP contribution in [0.5, 0.6) is 0 Å². The lowest BCUT2D eigenvalue weighted by Crippen LogP contribution is -2.09. The highest BCUT2D eigenvalue weighted by molar-refractivity contribution is 7.22. The zero-order chi connectivity index (χ0) is 17.9. The second-order valence-electron chi connectivity index (χ2n) is 5.40. The van der Waals surface area contributed by atoms with Crippen LogP contribution >= 0.6 is 34.0 Å². The van der Waals surface area contributed by atoms with E-state index in [2.05, 4.69) is 15.3 Å². The molecule has 0 spiro atoms. The van der Waals surface area contributed by atoms with E-state index in [9.17, 15) is 9.18 Å². The van der Waals surface area contributed by atoms with Gasteiger partial charge in [-0.1, -0.05) is 18.2 Å². The molecule has 1 aromatic carbocycles. The number of hydrogen-bond donors (Lipinski definition) is 1. The standard InChI is InChI=1S/C18H12FN3OS3/c19-12-5-3-11(4-6-12)8-13-9-21-18(25-13)22-16(23)15-10-20-17(26-15)14-2-1-7-24-14/h1-7,9-10H,8H2,(H,21,22,23). The fourth-order valence-electron chi connectivity index (χ4n) is 2.30. The van der Waals surface area contributed by atoms with Crippen LogP contribution in [0.3, 0.4) is 0 Å². The molecule has 0 fully saturated rings. The number of nitrogens with one attached hydrogen (secondary N) is 1. The van der Waals surface area contributed by atoms with Crippen LogP contribution in [0.15, 0.2) is 54.2 Å². The normalized spacial score (nSPS) is 10.8. The van der Waals surface area contributed by atoms with Gasteiger partial charge in [-0.25, -0.2) is 14.4 Å². The molecular weight excluding hydrogens is 389 g/mol. The summed E-state index contributed by atoms with van der Waals surface area (Å²) >= 11 is 4.36. The molecule has 4 aromatic rings. The van der Waals surface area contributed by atoms with Crippen molar-refractivity contribution in [3.63, 3.8) is 0 Å². The van der Waals surface area contributed by atoms with Crippen molar-refractivity contribution < 1.29 is 9.18 Å². The second kappa shape index (κ2) is 7.45. The number of aromatic nitrogens is 2. The molecule has 0 saturated heterocycles. The number of anilines is 1. The Hall–Kier alpha value is -2.42. The third-order valence-electron chi connectivity index (χ3n) is 3.53. The molecule has 0 aliphatic heterocycles. The van der Waals surface area contributed by atoms with Gasteiger partial charge in [0.25, 0.3) is 5.91 Å². The summed E-state index contributed by atoms with van der Waals surface area (Å²) < 4.78 is 13.0. The summed E-state index contributed by atoms with van der Waals surface area (Å²) in [4.78, 5) is 23.5. The van der Waals surface area contributed by atoms with Gasteiger partial charge in [-0.2, -0.15) is 0 Å². The monoisotopic (exact) mass is 401 g/mol. The van der Waals surface area contributed by atoms with Crippen molar-refractivity contribution in [2.75, 3.05) is 5.32 Å². The van der Waals surface area contributed by atoms with Crippen LogP contribution < -0.4 is 5.32 Å². The van der Waals surface area contributed by atoms with Gasteiger partial charge in [0.05, 0.1) is 11.1 Å². The van der Waals surface area contributed by atoms with Crippen LogP contribution in [0.25, 0.3) is 9.88 Å². The highest BCUT2D eigenvalue weighted by Gasteiger charge is 2.14. The Balaban J connectivity index is 1.42. The maximum Gasteiger partial charge on any atom is 0.269 e. The summed E-state index contributed by atoms with van der Waals surface area (Å²) in [6.45, 7) is 0. The van der Waals surface area contributed by atoms with Crippen LogP contribution in [0.2, 0.25) is 0 Å². The van der Waals surface area contributed by atoms with Crippen molar-refractivity contribution in [3.8, 4) is 9.88 Å². The third kappa shape index (κ3) is 3.87. The zero-order valence-electron chi connectivity index (χ0n) is 13.3. The molecule has 0 bridgehead atoms. The lowest BCUT2D eigenvalue weighted by Gasteiger charge is -1.98. The molecule has 0 saturated carbocycles. The Kier molecular flexibility index (Phi) is 4.87. The quantitative estimate of drug-likeness (QED) is 0.493. The first-order chi connectivity index (χ1) is 12.7. The summed E-state index contributed by atoms with van der Waals surface area (Å²) in [6.07, 6.45) is 3.96. The zero-order valence-corrected chi connectivity index (χ0v) is 15.8. The molecule has 4 nitrogen and oxygen atoms in total. The highest BCUT2D eigenvalue weighted by atomic mass is 32.1. The Bertz CT molecular complexity index is 1020. The van der Waals surface area contributed by atoms with Crippen molar-refractivity contribution in [1.29, 1.82) is 0 Å². The average Bonchev–Trinajstić information content (AvgIpc) is 3.38. The van der Waals surface area contributed by atoms with Crippen LogP contribution in [-0.4, -0.2) is 15.9 Å². The van der Waals surface area contributed by atoms with Crippen molar-refractivity contribution in [2.45, 2.75) is 6.42 Å². The van der Waals surface area contributed by atoms with Crippen molar-refractivity contribution in [1.82, 2.24) is 9.97 Å². The van der Waals surface area contributed by atoms with E-state index in [4.69, 9.17) is 0 Å². The SMILES string of the molecule is O=C(Nc1ncc(Cc2ccc(F)cc2)s1)c1cnc(-c2cccs2)s1. The second-order valence-corrected chi connectivity index (χ2v) is 8.49. The van der Waals surface area contributed by atoms with Crippen molar-refractivity contribution >= 4 is 45.0 Å². The number of thiazole rings is 2. The smallest absolute Gasteiger partial charge is 0.269 e. The molecule has 3 aromatic heterocycles. The van der Waals surface area contributed by atoms with Gasteiger partial charge in [-0.15, -0.1) is 34.0 Å². The van der Waals surface area contributed by atoms with Gasteiger partial charge in [0.1, 0.15) is 15.7 Å². The van der Waals surface area contributed by atoms with Crippen molar-refractivity contribution in [3.05, 3.63) is 75.3 Å². The van der Waals surface area contributed by atoms with E-state index < -0.39 is 0 Å². The minimum atomic E-state index is -0.252. The number of rotatable bonds is 5. The molecule has 8 heteroatoms. The van der Waals surface area contributed by atoms with Crippen LogP contribution in [0.1, 0.15) is 20.1 Å². The van der Waals surface area contributed by atoms with Gasteiger partial charge < -0.3 is 0 Å². The Morgan fingerprint density at radius 2 is 1.92 bits per heavy atom. The Morgan fingerprint density at radius 1 is 1.08 bits per heavy atom. The van der Waals surface area contributed by atoms with Gasteiger partial charge in [0, 0.05) is 17.5 Å². The number of hydrogen-bond acceptors (Lipinski definition) is 6. The third-order valence-corrected chi connectivity index (χ3v) is 6.48. The maximum atomic E-state index is 13.0. The van der Waals surface area contributed by atoms with E-state index in [0.29, 0.717) is 16.4 Å². The van der Waals surface area contributed by atoms with Gasteiger partial charge in [0.2, 0.25) is 0 Å². The van der Waals surface area contributed by atoms with E-state index in [1.54, 1.807) is 35.9 Å². The number of carbonyl (C=O) groups is 1. The molecule has 1 amide bonds. The number of halogens is 1. The summed E-state index contributed by atoms with van der Waals surface area (Å²) in [5.74, 6) is -0.467.